The minimum atomic E-state index is -4.76. The fourth-order valence-corrected chi connectivity index (χ4v) is 2.96. The maximum atomic E-state index is 13.7. The number of rotatable bonds is 4. The molecule has 28 heavy (non-hydrogen) atoms. The van der Waals surface area contributed by atoms with Gasteiger partial charge in [-0.25, -0.2) is 0 Å². The van der Waals surface area contributed by atoms with E-state index in [1.54, 1.807) is 0 Å². The summed E-state index contributed by atoms with van der Waals surface area (Å²) in [6, 6.07) is 13.5. The summed E-state index contributed by atoms with van der Waals surface area (Å²) in [5.41, 5.74) is -2.26. The fraction of sp³-hybridized carbons (Fsp3) is 0.0526. The van der Waals surface area contributed by atoms with Crippen LogP contribution in [0.5, 0.6) is 0 Å². The number of hydrogen-bond acceptors (Lipinski definition) is 4. The van der Waals surface area contributed by atoms with Crippen molar-refractivity contribution in [2.24, 2.45) is 0 Å². The van der Waals surface area contributed by atoms with Crippen molar-refractivity contribution in [3.63, 3.8) is 0 Å². The van der Waals surface area contributed by atoms with Gasteiger partial charge in [-0.15, -0.1) is 0 Å². The maximum Gasteiger partial charge on any atom is 0.417 e. The van der Waals surface area contributed by atoms with Crippen LogP contribution in [-0.4, -0.2) is 9.85 Å². The molecule has 0 aliphatic carbocycles. The van der Waals surface area contributed by atoms with Crippen LogP contribution in [0.1, 0.15) is 5.56 Å². The Kier molecular flexibility index (Phi) is 4.83. The molecule has 0 amide bonds. The molecule has 0 atom stereocenters. The molecule has 0 radical (unpaired) electrons. The van der Waals surface area contributed by atoms with Crippen LogP contribution in [0.3, 0.4) is 0 Å². The van der Waals surface area contributed by atoms with Crippen molar-refractivity contribution in [1.29, 1.82) is 0 Å². The number of para-hydroxylation sites is 1. The Morgan fingerprint density at radius 3 is 2.04 bits per heavy atom. The number of hydrogen-bond donors (Lipinski definition) is 0. The molecular weight excluding hydrogens is 377 g/mol. The van der Waals surface area contributed by atoms with E-state index in [4.69, 9.17) is 0 Å². The molecule has 3 aromatic rings. The number of alkyl halides is 3. The molecule has 142 valence electrons. The predicted molar refractivity (Wildman–Crippen MR) is 95.6 cm³/mol. The zero-order chi connectivity index (χ0) is 20.5. The Hall–Kier alpha value is -3.75. The molecule has 3 aromatic carbocycles. The number of benzene rings is 3. The van der Waals surface area contributed by atoms with Gasteiger partial charge < -0.3 is 0 Å². The Morgan fingerprint density at radius 1 is 0.750 bits per heavy atom. The molecule has 0 bridgehead atoms. The van der Waals surface area contributed by atoms with Gasteiger partial charge in [0.15, 0.2) is 0 Å². The average Bonchev–Trinajstić information content (AvgIpc) is 2.66. The van der Waals surface area contributed by atoms with Gasteiger partial charge in [-0.05, 0) is 23.3 Å². The highest BCUT2D eigenvalue weighted by atomic mass is 19.4. The summed E-state index contributed by atoms with van der Waals surface area (Å²) in [6.07, 6.45) is -4.76. The molecule has 0 aromatic heterocycles. The van der Waals surface area contributed by atoms with E-state index >= 15 is 0 Å². The monoisotopic (exact) mass is 388 g/mol. The zero-order valence-electron chi connectivity index (χ0n) is 14.0. The summed E-state index contributed by atoms with van der Waals surface area (Å²) >= 11 is 0. The van der Waals surface area contributed by atoms with Crippen molar-refractivity contribution < 1.29 is 23.0 Å². The molecule has 0 heterocycles. The van der Waals surface area contributed by atoms with Crippen molar-refractivity contribution in [2.45, 2.75) is 6.18 Å². The topological polar surface area (TPSA) is 86.3 Å². The van der Waals surface area contributed by atoms with Crippen LogP contribution in [0.4, 0.5) is 24.5 Å². The maximum absolute atomic E-state index is 13.7. The van der Waals surface area contributed by atoms with Crippen molar-refractivity contribution in [1.82, 2.24) is 0 Å². The minimum absolute atomic E-state index is 0.0138. The number of nitrogens with zero attached hydrogens (tertiary/aromatic N) is 2. The summed E-state index contributed by atoms with van der Waals surface area (Å²) in [4.78, 5) is 21.0. The van der Waals surface area contributed by atoms with E-state index in [0.717, 1.165) is 24.3 Å². The highest BCUT2D eigenvalue weighted by Crippen LogP contribution is 2.44. The molecular formula is C19H11F3N2O4. The first-order chi connectivity index (χ1) is 13.2. The van der Waals surface area contributed by atoms with E-state index in [1.807, 2.05) is 0 Å². The molecule has 0 saturated carbocycles. The van der Waals surface area contributed by atoms with Crippen LogP contribution in [0.25, 0.3) is 22.3 Å². The van der Waals surface area contributed by atoms with Crippen molar-refractivity contribution in [2.75, 3.05) is 0 Å². The van der Waals surface area contributed by atoms with E-state index in [1.165, 1.54) is 42.5 Å². The lowest BCUT2D eigenvalue weighted by Crippen LogP contribution is -2.08. The largest absolute Gasteiger partial charge is 0.417 e. The van der Waals surface area contributed by atoms with Crippen molar-refractivity contribution in [3.8, 4) is 22.3 Å². The van der Waals surface area contributed by atoms with Gasteiger partial charge in [0.2, 0.25) is 0 Å². The lowest BCUT2D eigenvalue weighted by Gasteiger charge is -2.17. The molecule has 0 aliphatic rings. The highest BCUT2D eigenvalue weighted by Gasteiger charge is 2.35. The average molecular weight is 388 g/mol. The van der Waals surface area contributed by atoms with Gasteiger partial charge in [-0.3, -0.25) is 20.2 Å². The summed E-state index contributed by atoms with van der Waals surface area (Å²) in [5.74, 6) is 0. The van der Waals surface area contributed by atoms with Gasteiger partial charge in [0.1, 0.15) is 0 Å². The fourth-order valence-electron chi connectivity index (χ4n) is 2.96. The molecule has 9 heteroatoms. The summed E-state index contributed by atoms with van der Waals surface area (Å²) < 4.78 is 41.0. The third-order valence-corrected chi connectivity index (χ3v) is 4.11. The Balaban J connectivity index is 2.40. The number of non-ortho nitro benzene ring substituents is 1. The minimum Gasteiger partial charge on any atom is -0.258 e. The molecule has 0 saturated heterocycles. The van der Waals surface area contributed by atoms with E-state index < -0.39 is 21.6 Å². The van der Waals surface area contributed by atoms with Gasteiger partial charge in [-0.2, -0.15) is 13.2 Å². The number of halogens is 3. The standard InChI is InChI=1S/C19H11F3N2O4/c20-19(21,22)16-9-4-8-15(14-7-1-2-10-17(14)24(27)28)18(16)12-5-3-6-13(11-12)23(25)26/h1-11H. The second kappa shape index (κ2) is 7.10. The molecule has 0 N–H and O–H groups in total. The molecule has 0 unspecified atom stereocenters. The first kappa shape index (κ1) is 19.0. The second-order valence-corrected chi connectivity index (χ2v) is 5.81. The third-order valence-electron chi connectivity index (χ3n) is 4.11. The summed E-state index contributed by atoms with van der Waals surface area (Å²) in [5, 5.41) is 22.4. The zero-order valence-corrected chi connectivity index (χ0v) is 14.0. The van der Waals surface area contributed by atoms with E-state index in [0.29, 0.717) is 0 Å². The second-order valence-electron chi connectivity index (χ2n) is 5.81. The summed E-state index contributed by atoms with van der Waals surface area (Å²) in [7, 11) is 0. The van der Waals surface area contributed by atoms with Gasteiger partial charge in [0.25, 0.3) is 11.4 Å². The van der Waals surface area contributed by atoms with E-state index in [9.17, 15) is 33.4 Å². The van der Waals surface area contributed by atoms with Crippen molar-refractivity contribution >= 4 is 11.4 Å². The molecule has 6 nitrogen and oxygen atoms in total. The highest BCUT2D eigenvalue weighted by molar-refractivity contribution is 5.90. The number of nitro benzene ring substituents is 2. The molecule has 0 aliphatic heterocycles. The van der Waals surface area contributed by atoms with Crippen LogP contribution >= 0.6 is 0 Å². The quantitative estimate of drug-likeness (QED) is 0.414. The first-order valence-electron chi connectivity index (χ1n) is 7.89. The normalized spacial score (nSPS) is 11.2. The van der Waals surface area contributed by atoms with Gasteiger partial charge >= 0.3 is 6.18 Å². The van der Waals surface area contributed by atoms with Crippen LogP contribution in [-0.2, 0) is 6.18 Å². The molecule has 3 rings (SSSR count). The Labute approximate surface area is 156 Å². The van der Waals surface area contributed by atoms with Gasteiger partial charge in [0.05, 0.1) is 21.0 Å². The molecule has 0 spiro atoms. The number of nitro groups is 2. The lowest BCUT2D eigenvalue weighted by molar-refractivity contribution is -0.384. The van der Waals surface area contributed by atoms with Crippen LogP contribution in [0.15, 0.2) is 66.7 Å². The van der Waals surface area contributed by atoms with Crippen LogP contribution < -0.4 is 0 Å². The van der Waals surface area contributed by atoms with Crippen LogP contribution in [0.2, 0.25) is 0 Å². The molecule has 0 fully saturated rings. The van der Waals surface area contributed by atoms with Crippen molar-refractivity contribution in [3.05, 3.63) is 92.5 Å². The van der Waals surface area contributed by atoms with Gasteiger partial charge in [0, 0.05) is 23.8 Å². The first-order valence-corrected chi connectivity index (χ1v) is 7.89. The Bertz CT molecular complexity index is 1080. The van der Waals surface area contributed by atoms with E-state index in [-0.39, 0.29) is 33.6 Å². The van der Waals surface area contributed by atoms with Gasteiger partial charge in [-0.1, -0.05) is 36.4 Å². The van der Waals surface area contributed by atoms with E-state index in [2.05, 4.69) is 0 Å². The smallest absolute Gasteiger partial charge is 0.258 e. The SMILES string of the molecule is O=[N+]([O-])c1cccc(-c2c(-c3ccccc3[N+](=O)[O-])cccc2C(F)(F)F)c1. The predicted octanol–water partition coefficient (Wildman–Crippen LogP) is 5.86. The van der Waals surface area contributed by atoms with Crippen LogP contribution in [0, 0.1) is 20.2 Å². The summed E-state index contributed by atoms with van der Waals surface area (Å²) in [6.45, 7) is 0. The third kappa shape index (κ3) is 3.54. The Morgan fingerprint density at radius 2 is 1.39 bits per heavy atom. The lowest BCUT2D eigenvalue weighted by atomic mass is 9.89.